The average molecular weight is 751 g/mol. The molecule has 0 atom stereocenters. The molecule has 1 aliphatic carbocycles. The minimum absolute atomic E-state index is 0.0631. The zero-order valence-corrected chi connectivity index (χ0v) is 33.7. The molecule has 1 aliphatic rings. The zero-order chi connectivity index (χ0) is 39.6. The Labute approximate surface area is 341 Å². The van der Waals surface area contributed by atoms with Crippen molar-refractivity contribution in [3.63, 3.8) is 0 Å². The first-order valence-corrected chi connectivity index (χ1v) is 20.3. The Hall–Kier alpha value is -6.84. The normalized spacial score (nSPS) is 13.1. The number of furan rings is 1. The van der Waals surface area contributed by atoms with Gasteiger partial charge >= 0.3 is 0 Å². The van der Waals surface area contributed by atoms with Crippen molar-refractivity contribution in [3.05, 3.63) is 199 Å². The number of anilines is 5. The molecule has 10 rings (SSSR count). The first kappa shape index (κ1) is 35.6. The van der Waals surface area contributed by atoms with Gasteiger partial charge in [-0.3, -0.25) is 0 Å². The maximum Gasteiger partial charge on any atom is 0.135 e. The average Bonchev–Trinajstić information content (AvgIpc) is 3.73. The third kappa shape index (κ3) is 5.97. The molecule has 1 aromatic heterocycles. The van der Waals surface area contributed by atoms with Crippen molar-refractivity contribution >= 4 is 50.4 Å². The molecule has 8 aromatic carbocycles. The number of hydrogen-bond donors (Lipinski definition) is 1. The second-order valence-electron chi connectivity index (χ2n) is 17.1. The quantitative estimate of drug-likeness (QED) is 0.176. The van der Waals surface area contributed by atoms with Gasteiger partial charge in [-0.15, -0.1) is 0 Å². The molecule has 9 aromatic rings. The first-order chi connectivity index (χ1) is 28.1. The second-order valence-corrected chi connectivity index (χ2v) is 17.1. The molecular weight excluding hydrogens is 705 g/mol. The third-order valence-corrected chi connectivity index (χ3v) is 12.0. The minimum Gasteiger partial charge on any atom is -0.456 e. The monoisotopic (exact) mass is 750 g/mol. The molecule has 0 radical (unpaired) electrons. The largest absolute Gasteiger partial charge is 0.456 e. The Morgan fingerprint density at radius 3 is 1.98 bits per heavy atom. The molecule has 0 saturated heterocycles. The lowest BCUT2D eigenvalue weighted by molar-refractivity contribution is 0.584. The topological polar surface area (TPSA) is 28.4 Å². The van der Waals surface area contributed by atoms with Gasteiger partial charge in [0.1, 0.15) is 11.2 Å². The number of benzene rings is 8. The van der Waals surface area contributed by atoms with Crippen molar-refractivity contribution in [2.75, 3.05) is 10.2 Å². The number of fused-ring (bicyclic) bond motifs is 6. The lowest BCUT2D eigenvalue weighted by atomic mass is 9.79. The molecule has 0 aliphatic heterocycles. The summed E-state index contributed by atoms with van der Waals surface area (Å²) >= 11 is 0. The Morgan fingerprint density at radius 1 is 0.500 bits per heavy atom. The molecule has 1 heterocycles. The van der Waals surface area contributed by atoms with E-state index in [-0.39, 0.29) is 10.8 Å². The number of rotatable bonds is 7. The van der Waals surface area contributed by atoms with Gasteiger partial charge in [-0.1, -0.05) is 156 Å². The summed E-state index contributed by atoms with van der Waals surface area (Å²) in [4.78, 5) is 2.40. The van der Waals surface area contributed by atoms with E-state index in [1.54, 1.807) is 0 Å². The van der Waals surface area contributed by atoms with E-state index in [9.17, 15) is 0 Å². The van der Waals surface area contributed by atoms with Crippen LogP contribution >= 0.6 is 0 Å². The summed E-state index contributed by atoms with van der Waals surface area (Å²) in [6.45, 7) is 11.7. The molecule has 0 amide bonds. The van der Waals surface area contributed by atoms with Crippen LogP contribution in [-0.2, 0) is 10.8 Å². The van der Waals surface area contributed by atoms with Gasteiger partial charge in [0.2, 0.25) is 0 Å². The van der Waals surface area contributed by atoms with Gasteiger partial charge in [0, 0.05) is 50.1 Å². The van der Waals surface area contributed by atoms with Crippen molar-refractivity contribution in [1.82, 2.24) is 0 Å². The van der Waals surface area contributed by atoms with E-state index in [0.717, 1.165) is 55.9 Å². The number of hydrogen-bond acceptors (Lipinski definition) is 3. The maximum absolute atomic E-state index is 6.31. The fourth-order valence-electron chi connectivity index (χ4n) is 8.97. The molecule has 58 heavy (non-hydrogen) atoms. The van der Waals surface area contributed by atoms with Crippen LogP contribution in [0.25, 0.3) is 55.3 Å². The predicted octanol–water partition coefficient (Wildman–Crippen LogP) is 15.7. The number of nitrogens with one attached hydrogen (secondary N) is 1. The van der Waals surface area contributed by atoms with E-state index < -0.39 is 0 Å². The Bertz CT molecular complexity index is 2980. The summed E-state index contributed by atoms with van der Waals surface area (Å²) in [5.41, 5.74) is 18.5. The van der Waals surface area contributed by atoms with E-state index in [2.05, 4.69) is 215 Å². The highest BCUT2D eigenvalue weighted by Crippen LogP contribution is 2.54. The predicted molar refractivity (Wildman–Crippen MR) is 245 cm³/mol. The molecule has 1 N–H and O–H groups in total. The summed E-state index contributed by atoms with van der Waals surface area (Å²) in [6.07, 6.45) is 0. The van der Waals surface area contributed by atoms with Crippen LogP contribution in [0.15, 0.2) is 186 Å². The van der Waals surface area contributed by atoms with Gasteiger partial charge in [-0.25, -0.2) is 0 Å². The summed E-state index contributed by atoms with van der Waals surface area (Å²) in [6, 6.07) is 65.7. The van der Waals surface area contributed by atoms with Crippen molar-refractivity contribution in [2.24, 2.45) is 0 Å². The highest BCUT2D eigenvalue weighted by molar-refractivity contribution is 6.07. The lowest BCUT2D eigenvalue weighted by Gasteiger charge is -2.29. The Kier molecular flexibility index (Phi) is 8.38. The molecule has 0 saturated carbocycles. The fraction of sp³-hybridized carbons (Fsp3) is 0.127. The Morgan fingerprint density at radius 2 is 1.17 bits per heavy atom. The Balaban J connectivity index is 1.13. The highest BCUT2D eigenvalue weighted by Gasteiger charge is 2.38. The van der Waals surface area contributed by atoms with E-state index in [1.807, 2.05) is 12.1 Å². The van der Waals surface area contributed by atoms with Crippen LogP contribution in [-0.4, -0.2) is 0 Å². The second kappa shape index (κ2) is 13.7. The van der Waals surface area contributed by atoms with E-state index >= 15 is 0 Å². The van der Waals surface area contributed by atoms with Crippen LogP contribution in [0.2, 0.25) is 0 Å². The standard InChI is InChI=1S/C55H46N2O/c1-54(2,3)37-26-32-45-48(34-37)55(4,5)47-22-15-21-44(53(45)47)42-19-10-13-24-50(42)57(40-31-33-52-46(35-40)43-20-11-14-25-51(43)58-52)39-29-27-38(28-30-39)56-49-23-12-9-18-41(49)36-16-7-6-8-17-36/h6-35,56H,1-5H3. The van der Waals surface area contributed by atoms with Crippen molar-refractivity contribution in [2.45, 2.75) is 45.4 Å². The number of nitrogens with zero attached hydrogens (tertiary/aromatic N) is 1. The van der Waals surface area contributed by atoms with Gasteiger partial charge in [-0.05, 0) is 105 Å². The number of para-hydroxylation sites is 3. The molecule has 0 bridgehead atoms. The van der Waals surface area contributed by atoms with E-state index in [1.165, 1.54) is 44.5 Å². The molecule has 0 spiro atoms. The van der Waals surface area contributed by atoms with Crippen LogP contribution in [0, 0.1) is 0 Å². The highest BCUT2D eigenvalue weighted by atomic mass is 16.3. The van der Waals surface area contributed by atoms with Crippen LogP contribution in [0.3, 0.4) is 0 Å². The van der Waals surface area contributed by atoms with Gasteiger partial charge in [0.05, 0.1) is 5.69 Å². The molecular formula is C55H46N2O. The lowest BCUT2D eigenvalue weighted by Crippen LogP contribution is -2.17. The summed E-state index contributed by atoms with van der Waals surface area (Å²) in [5.74, 6) is 0. The fourth-order valence-corrected chi connectivity index (χ4v) is 8.97. The van der Waals surface area contributed by atoms with E-state index in [4.69, 9.17) is 4.42 Å². The van der Waals surface area contributed by atoms with Crippen LogP contribution in [0.1, 0.15) is 51.3 Å². The van der Waals surface area contributed by atoms with Gasteiger partial charge in [0.25, 0.3) is 0 Å². The molecule has 3 nitrogen and oxygen atoms in total. The molecule has 0 unspecified atom stereocenters. The smallest absolute Gasteiger partial charge is 0.135 e. The zero-order valence-electron chi connectivity index (χ0n) is 33.7. The molecule has 0 fully saturated rings. The van der Waals surface area contributed by atoms with Crippen LogP contribution in [0.5, 0.6) is 0 Å². The van der Waals surface area contributed by atoms with Crippen molar-refractivity contribution in [3.8, 4) is 33.4 Å². The SMILES string of the molecule is CC(C)(C)c1ccc2c(c1)C(C)(C)c1cccc(-c3ccccc3N(c3ccc(Nc4ccccc4-c4ccccc4)cc3)c3ccc4oc5ccccc5c4c3)c1-2. The van der Waals surface area contributed by atoms with Crippen molar-refractivity contribution < 1.29 is 4.42 Å². The maximum atomic E-state index is 6.31. The minimum atomic E-state index is -0.133. The summed E-state index contributed by atoms with van der Waals surface area (Å²) in [5, 5.41) is 5.93. The first-order valence-electron chi connectivity index (χ1n) is 20.3. The molecule has 3 heteroatoms. The van der Waals surface area contributed by atoms with Crippen LogP contribution < -0.4 is 10.2 Å². The van der Waals surface area contributed by atoms with Crippen LogP contribution in [0.4, 0.5) is 28.4 Å². The third-order valence-electron chi connectivity index (χ3n) is 12.0. The van der Waals surface area contributed by atoms with Gasteiger partial charge < -0.3 is 14.6 Å². The summed E-state index contributed by atoms with van der Waals surface area (Å²) < 4.78 is 6.31. The molecule has 282 valence electrons. The summed E-state index contributed by atoms with van der Waals surface area (Å²) in [7, 11) is 0. The van der Waals surface area contributed by atoms with Gasteiger partial charge in [-0.2, -0.15) is 0 Å². The van der Waals surface area contributed by atoms with Crippen molar-refractivity contribution in [1.29, 1.82) is 0 Å². The van der Waals surface area contributed by atoms with E-state index in [0.29, 0.717) is 0 Å². The van der Waals surface area contributed by atoms with Gasteiger partial charge in [0.15, 0.2) is 0 Å².